The zero-order valence-corrected chi connectivity index (χ0v) is 33.2. The van der Waals surface area contributed by atoms with Gasteiger partial charge in [0.15, 0.2) is 0 Å². The number of anilines is 3. The van der Waals surface area contributed by atoms with Crippen LogP contribution in [0.15, 0.2) is 212 Å². The van der Waals surface area contributed by atoms with Crippen molar-refractivity contribution < 1.29 is 0 Å². The molecule has 0 aromatic heterocycles. The van der Waals surface area contributed by atoms with Gasteiger partial charge in [-0.15, -0.1) is 0 Å². The molecule has 0 aliphatic heterocycles. The second kappa shape index (κ2) is 11.1. The van der Waals surface area contributed by atoms with Crippen molar-refractivity contribution in [2.45, 2.75) is 10.8 Å². The van der Waals surface area contributed by atoms with Gasteiger partial charge in [-0.05, 0) is 136 Å². The molecule has 61 heavy (non-hydrogen) atoms. The molecule has 10 aromatic rings. The van der Waals surface area contributed by atoms with Crippen LogP contribution in [0.25, 0.3) is 66.4 Å². The Morgan fingerprint density at radius 2 is 0.623 bits per heavy atom. The van der Waals surface area contributed by atoms with Gasteiger partial charge in [-0.3, -0.25) is 0 Å². The third kappa shape index (κ3) is 3.61. The summed E-state index contributed by atoms with van der Waals surface area (Å²) in [7, 11) is 0. The van der Waals surface area contributed by atoms with Gasteiger partial charge in [0, 0.05) is 16.8 Å². The van der Waals surface area contributed by atoms with Gasteiger partial charge in [0.25, 0.3) is 0 Å². The van der Waals surface area contributed by atoms with Crippen molar-refractivity contribution in [3.63, 3.8) is 0 Å². The first-order valence-corrected chi connectivity index (χ1v) is 21.5. The molecule has 1 nitrogen and oxygen atoms in total. The number of hydrogen-bond acceptors (Lipinski definition) is 1. The zero-order valence-electron chi connectivity index (χ0n) is 33.2. The Morgan fingerprint density at radius 3 is 1.18 bits per heavy atom. The lowest BCUT2D eigenvalue weighted by atomic mass is 9.70. The van der Waals surface area contributed by atoms with Crippen LogP contribution in [0.4, 0.5) is 17.1 Å². The molecule has 0 saturated carbocycles. The van der Waals surface area contributed by atoms with Crippen LogP contribution in [0.1, 0.15) is 44.5 Å². The molecule has 0 bridgehead atoms. The second-order valence-electron chi connectivity index (χ2n) is 17.4. The largest absolute Gasteiger partial charge is 0.310 e. The van der Waals surface area contributed by atoms with Crippen LogP contribution in [0.3, 0.4) is 0 Å². The molecule has 1 heteroatoms. The lowest BCUT2D eigenvalue weighted by molar-refractivity contribution is 0.793. The highest BCUT2D eigenvalue weighted by atomic mass is 15.1. The molecule has 0 N–H and O–H groups in total. The Hall–Kier alpha value is -7.74. The van der Waals surface area contributed by atoms with Crippen molar-refractivity contribution in [1.29, 1.82) is 0 Å². The normalized spacial score (nSPS) is 16.4. The fraction of sp³-hybridized carbons (Fsp3) is 0.0333. The van der Waals surface area contributed by atoms with Crippen molar-refractivity contribution in [1.82, 2.24) is 0 Å². The van der Waals surface area contributed by atoms with Crippen LogP contribution in [0.2, 0.25) is 0 Å². The maximum Gasteiger partial charge on any atom is 0.0738 e. The van der Waals surface area contributed by atoms with E-state index in [1.165, 1.54) is 117 Å². The van der Waals surface area contributed by atoms with Crippen molar-refractivity contribution in [2.75, 3.05) is 4.90 Å². The summed E-state index contributed by atoms with van der Waals surface area (Å²) in [6.07, 6.45) is 0. The van der Waals surface area contributed by atoms with E-state index in [1.807, 2.05) is 0 Å². The molecule has 5 aliphatic carbocycles. The molecular weight excluding hydrogens is 735 g/mol. The zero-order chi connectivity index (χ0) is 39.6. The highest BCUT2D eigenvalue weighted by Gasteiger charge is 2.57. The second-order valence-corrected chi connectivity index (χ2v) is 17.4. The van der Waals surface area contributed by atoms with Gasteiger partial charge in [-0.25, -0.2) is 0 Å². The topological polar surface area (TPSA) is 3.24 Å². The fourth-order valence-corrected chi connectivity index (χ4v) is 12.9. The van der Waals surface area contributed by atoms with Gasteiger partial charge in [0.2, 0.25) is 0 Å². The van der Waals surface area contributed by atoms with Gasteiger partial charge in [-0.2, -0.15) is 0 Å². The molecule has 0 amide bonds. The van der Waals surface area contributed by atoms with E-state index in [1.54, 1.807) is 0 Å². The quantitative estimate of drug-likeness (QED) is 0.173. The Balaban J connectivity index is 1.03. The smallest absolute Gasteiger partial charge is 0.0738 e. The van der Waals surface area contributed by atoms with Crippen molar-refractivity contribution in [3.8, 4) is 55.6 Å². The molecule has 15 rings (SSSR count). The Kier molecular flexibility index (Phi) is 5.85. The summed E-state index contributed by atoms with van der Waals surface area (Å²) in [5, 5.41) is 2.45. The third-order valence-electron chi connectivity index (χ3n) is 15.0. The van der Waals surface area contributed by atoms with E-state index in [4.69, 9.17) is 0 Å². The lowest BCUT2D eigenvalue weighted by Crippen LogP contribution is -2.26. The van der Waals surface area contributed by atoms with Gasteiger partial charge < -0.3 is 4.90 Å². The summed E-state index contributed by atoms with van der Waals surface area (Å²) in [5.41, 5.74) is 27.1. The van der Waals surface area contributed by atoms with Crippen LogP contribution in [-0.4, -0.2) is 0 Å². The number of fused-ring (bicyclic) bond motifs is 16. The van der Waals surface area contributed by atoms with E-state index in [-0.39, 0.29) is 5.41 Å². The first-order valence-electron chi connectivity index (χ1n) is 21.5. The molecule has 0 radical (unpaired) electrons. The molecule has 5 aliphatic rings. The average molecular weight is 770 g/mol. The molecule has 10 aromatic carbocycles. The van der Waals surface area contributed by atoms with E-state index in [9.17, 15) is 0 Å². The van der Waals surface area contributed by atoms with E-state index in [0.29, 0.717) is 0 Å². The van der Waals surface area contributed by atoms with Crippen LogP contribution in [0.5, 0.6) is 0 Å². The molecule has 1 unspecified atom stereocenters. The average Bonchev–Trinajstić information content (AvgIpc) is 4.08. The van der Waals surface area contributed by atoms with Crippen LogP contribution in [-0.2, 0) is 10.8 Å². The summed E-state index contributed by atoms with van der Waals surface area (Å²) in [6.45, 7) is 0. The number of hydrogen-bond donors (Lipinski definition) is 0. The molecule has 0 saturated heterocycles. The predicted molar refractivity (Wildman–Crippen MR) is 250 cm³/mol. The van der Waals surface area contributed by atoms with E-state index < -0.39 is 5.41 Å². The summed E-state index contributed by atoms with van der Waals surface area (Å²) < 4.78 is 0. The van der Waals surface area contributed by atoms with Gasteiger partial charge >= 0.3 is 0 Å². The maximum atomic E-state index is 2.55. The van der Waals surface area contributed by atoms with Gasteiger partial charge in [0.1, 0.15) is 0 Å². The highest BCUT2D eigenvalue weighted by Crippen LogP contribution is 2.70. The minimum Gasteiger partial charge on any atom is -0.310 e. The number of rotatable bonds is 3. The summed E-state index contributed by atoms with van der Waals surface area (Å²) in [4.78, 5) is 2.55. The first kappa shape index (κ1) is 32.2. The maximum absolute atomic E-state index is 2.55. The fourth-order valence-electron chi connectivity index (χ4n) is 12.9. The summed E-state index contributed by atoms with van der Waals surface area (Å²) >= 11 is 0. The van der Waals surface area contributed by atoms with Crippen molar-refractivity contribution in [3.05, 3.63) is 257 Å². The number of nitrogens with zero attached hydrogens (tertiary/aromatic N) is 1. The summed E-state index contributed by atoms with van der Waals surface area (Å²) in [5.74, 6) is 0. The van der Waals surface area contributed by atoms with E-state index in [0.717, 1.165) is 11.4 Å². The highest BCUT2D eigenvalue weighted by molar-refractivity contribution is 6.07. The third-order valence-corrected chi connectivity index (χ3v) is 15.0. The lowest BCUT2D eigenvalue weighted by Gasteiger charge is -2.33. The predicted octanol–water partition coefficient (Wildman–Crippen LogP) is 15.0. The monoisotopic (exact) mass is 769 g/mol. The minimum atomic E-state index is -0.438. The van der Waals surface area contributed by atoms with E-state index >= 15 is 0 Å². The van der Waals surface area contributed by atoms with Crippen LogP contribution in [0, 0.1) is 0 Å². The molecule has 280 valence electrons. The molecule has 0 fully saturated rings. The minimum absolute atomic E-state index is 0.370. The van der Waals surface area contributed by atoms with Gasteiger partial charge in [0.05, 0.1) is 16.5 Å². The standard InChI is InChI=1S/C60H35N/c1-2-16-39-36(14-1)15-11-29-56(39)61(37-30-32-44-42-19-5-9-27-52(42)59(54(44)34-37)50-25-7-3-17-40(50)41-18-4-8-26-51(41)59)38-31-33-45-47-22-13-24-49-48-23-12-21-46-43-20-6-10-28-53(43)60(57(46)48,58(47)49)55(45)35-38/h1-35H. The Bertz CT molecular complexity index is 3420. The van der Waals surface area contributed by atoms with Gasteiger partial charge in [-0.1, -0.05) is 182 Å². The Labute approximate surface area is 354 Å². The Morgan fingerprint density at radius 1 is 0.262 bits per heavy atom. The van der Waals surface area contributed by atoms with Crippen LogP contribution < -0.4 is 4.90 Å². The number of benzene rings is 10. The SMILES string of the molecule is c1ccc2c(c1)-c1ccccc1C21c2ccccc2-c2ccc(N(c3ccc4c(c3)C35c6ccccc6-c6cccc(c63)-c3cccc-4c35)c3cccc4ccccc34)cc21. The molecule has 1 atom stereocenters. The molecular formula is C60H35N. The first-order chi connectivity index (χ1) is 30.3. The molecule has 2 spiro atoms. The van der Waals surface area contributed by atoms with Crippen molar-refractivity contribution in [2.24, 2.45) is 0 Å². The van der Waals surface area contributed by atoms with Crippen LogP contribution >= 0.6 is 0 Å². The van der Waals surface area contributed by atoms with Crippen molar-refractivity contribution >= 4 is 27.8 Å². The van der Waals surface area contributed by atoms with E-state index in [2.05, 4.69) is 217 Å². The summed E-state index contributed by atoms with van der Waals surface area (Å²) in [6, 6.07) is 80.7. The molecule has 0 heterocycles.